The maximum Gasteiger partial charge on any atom is 0.245 e. The van der Waals surface area contributed by atoms with E-state index in [1.165, 1.54) is 0 Å². The molecular weight excluding hydrogens is 334 g/mol. The predicted octanol–water partition coefficient (Wildman–Crippen LogP) is 1.33. The predicted molar refractivity (Wildman–Crippen MR) is 95.6 cm³/mol. The lowest BCUT2D eigenvalue weighted by atomic mass is 10.1. The number of aromatic nitrogens is 1. The molecule has 142 valence electrons. The van der Waals surface area contributed by atoms with Gasteiger partial charge in [-0.3, -0.25) is 14.6 Å². The quantitative estimate of drug-likeness (QED) is 0.791. The summed E-state index contributed by atoms with van der Waals surface area (Å²) in [4.78, 5) is 33.3. The van der Waals surface area contributed by atoms with E-state index in [0.29, 0.717) is 51.4 Å². The lowest BCUT2D eigenvalue weighted by molar-refractivity contribution is -0.146. The van der Waals surface area contributed by atoms with E-state index in [-0.39, 0.29) is 23.8 Å². The van der Waals surface area contributed by atoms with E-state index < -0.39 is 6.04 Å². The second kappa shape index (κ2) is 8.49. The minimum atomic E-state index is -0.457. The summed E-state index contributed by atoms with van der Waals surface area (Å²) in [6.07, 6.45) is 4.08. The molecule has 26 heavy (non-hydrogen) atoms. The average Bonchev–Trinajstić information content (AvgIpc) is 3.06. The van der Waals surface area contributed by atoms with Crippen molar-refractivity contribution in [2.75, 3.05) is 32.8 Å². The van der Waals surface area contributed by atoms with Crippen molar-refractivity contribution in [1.29, 1.82) is 0 Å². The van der Waals surface area contributed by atoms with E-state index in [1.807, 2.05) is 26.0 Å². The van der Waals surface area contributed by atoms with Gasteiger partial charge in [0.2, 0.25) is 11.8 Å². The smallest absolute Gasteiger partial charge is 0.245 e. The molecule has 0 saturated carbocycles. The van der Waals surface area contributed by atoms with Gasteiger partial charge in [0, 0.05) is 32.1 Å². The van der Waals surface area contributed by atoms with E-state index in [9.17, 15) is 9.59 Å². The number of carbonyl (C=O) groups excluding carboxylic acids is 2. The zero-order valence-corrected chi connectivity index (χ0v) is 15.5. The van der Waals surface area contributed by atoms with Gasteiger partial charge in [0.1, 0.15) is 17.9 Å². The van der Waals surface area contributed by atoms with Crippen LogP contribution in [0.15, 0.2) is 24.5 Å². The van der Waals surface area contributed by atoms with Gasteiger partial charge in [-0.25, -0.2) is 0 Å². The summed E-state index contributed by atoms with van der Waals surface area (Å²) in [5.41, 5.74) is 0. The first-order chi connectivity index (χ1) is 12.5. The molecule has 1 aromatic heterocycles. The number of amides is 2. The molecule has 2 aliphatic heterocycles. The zero-order chi connectivity index (χ0) is 18.5. The molecule has 2 fully saturated rings. The van der Waals surface area contributed by atoms with Crippen LogP contribution >= 0.6 is 0 Å². The van der Waals surface area contributed by atoms with Crippen molar-refractivity contribution in [2.24, 2.45) is 5.92 Å². The Hall–Kier alpha value is -2.15. The highest BCUT2D eigenvalue weighted by atomic mass is 16.5. The van der Waals surface area contributed by atoms with Gasteiger partial charge in [-0.1, -0.05) is 13.8 Å². The summed E-state index contributed by atoms with van der Waals surface area (Å²) < 4.78 is 11.3. The van der Waals surface area contributed by atoms with Crippen LogP contribution in [-0.4, -0.2) is 71.6 Å². The van der Waals surface area contributed by atoms with Crippen molar-refractivity contribution in [3.05, 3.63) is 24.5 Å². The molecule has 2 aliphatic rings. The summed E-state index contributed by atoms with van der Waals surface area (Å²) >= 11 is 0. The van der Waals surface area contributed by atoms with Crippen LogP contribution < -0.4 is 4.74 Å². The largest absolute Gasteiger partial charge is 0.487 e. The van der Waals surface area contributed by atoms with Crippen molar-refractivity contribution < 1.29 is 19.1 Å². The van der Waals surface area contributed by atoms with Crippen molar-refractivity contribution >= 4 is 11.8 Å². The van der Waals surface area contributed by atoms with Gasteiger partial charge in [-0.05, 0) is 18.1 Å². The number of likely N-dealkylation sites (tertiary alicyclic amines) is 1. The number of hydrogen-bond acceptors (Lipinski definition) is 5. The third-order valence-corrected chi connectivity index (χ3v) is 4.71. The molecule has 0 aliphatic carbocycles. The number of carbonyl (C=O) groups is 2. The van der Waals surface area contributed by atoms with Crippen LogP contribution in [-0.2, 0) is 14.3 Å². The summed E-state index contributed by atoms with van der Waals surface area (Å²) in [7, 11) is 0. The van der Waals surface area contributed by atoms with Crippen LogP contribution in [0, 0.1) is 5.92 Å². The van der Waals surface area contributed by atoms with Gasteiger partial charge >= 0.3 is 0 Å². The number of ether oxygens (including phenoxy) is 2. The van der Waals surface area contributed by atoms with Crippen molar-refractivity contribution in [3.63, 3.8) is 0 Å². The first kappa shape index (κ1) is 18.6. The summed E-state index contributed by atoms with van der Waals surface area (Å²) in [5, 5.41) is 0. The Balaban J connectivity index is 1.72. The number of nitrogens with zero attached hydrogens (tertiary/aromatic N) is 3. The maximum absolute atomic E-state index is 13.0. The van der Waals surface area contributed by atoms with E-state index in [2.05, 4.69) is 4.98 Å². The highest BCUT2D eigenvalue weighted by Gasteiger charge is 2.42. The van der Waals surface area contributed by atoms with Crippen LogP contribution in [0.4, 0.5) is 0 Å². The average molecular weight is 361 g/mol. The number of pyridine rings is 1. The Morgan fingerprint density at radius 2 is 2.12 bits per heavy atom. The molecule has 2 saturated heterocycles. The summed E-state index contributed by atoms with van der Waals surface area (Å²) in [6, 6.07) is 3.19. The number of morpholine rings is 1. The van der Waals surface area contributed by atoms with Crippen LogP contribution in [0.25, 0.3) is 0 Å². The van der Waals surface area contributed by atoms with Gasteiger partial charge < -0.3 is 19.3 Å². The Bertz CT molecular complexity index is 616. The number of hydrogen-bond donors (Lipinski definition) is 0. The van der Waals surface area contributed by atoms with Crippen LogP contribution in [0.5, 0.6) is 5.75 Å². The normalized spacial score (nSPS) is 23.3. The molecule has 1 aromatic rings. The van der Waals surface area contributed by atoms with Crippen molar-refractivity contribution in [1.82, 2.24) is 14.8 Å². The van der Waals surface area contributed by atoms with Gasteiger partial charge in [0.05, 0.1) is 26.0 Å². The first-order valence-corrected chi connectivity index (χ1v) is 9.27. The van der Waals surface area contributed by atoms with Crippen molar-refractivity contribution in [2.45, 2.75) is 38.8 Å². The van der Waals surface area contributed by atoms with E-state index in [4.69, 9.17) is 9.47 Å². The summed E-state index contributed by atoms with van der Waals surface area (Å²) in [5.74, 6) is 0.930. The maximum atomic E-state index is 13.0. The van der Waals surface area contributed by atoms with Gasteiger partial charge in [-0.15, -0.1) is 0 Å². The fourth-order valence-corrected chi connectivity index (χ4v) is 3.46. The van der Waals surface area contributed by atoms with E-state index in [0.717, 1.165) is 0 Å². The Morgan fingerprint density at radius 3 is 2.77 bits per heavy atom. The lowest BCUT2D eigenvalue weighted by Crippen LogP contribution is -2.51. The molecule has 0 bridgehead atoms. The summed E-state index contributed by atoms with van der Waals surface area (Å²) in [6.45, 7) is 6.71. The highest BCUT2D eigenvalue weighted by Crippen LogP contribution is 2.26. The van der Waals surface area contributed by atoms with Crippen LogP contribution in [0.2, 0.25) is 0 Å². The Labute approximate surface area is 154 Å². The third kappa shape index (κ3) is 4.52. The van der Waals surface area contributed by atoms with Crippen LogP contribution in [0.1, 0.15) is 26.7 Å². The second-order valence-electron chi connectivity index (χ2n) is 7.26. The zero-order valence-electron chi connectivity index (χ0n) is 15.5. The van der Waals surface area contributed by atoms with Gasteiger partial charge in [0.25, 0.3) is 0 Å². The molecule has 0 N–H and O–H groups in total. The molecule has 3 heterocycles. The minimum absolute atomic E-state index is 0.00249. The van der Waals surface area contributed by atoms with E-state index >= 15 is 0 Å². The number of rotatable bonds is 5. The highest BCUT2D eigenvalue weighted by molar-refractivity contribution is 5.88. The topological polar surface area (TPSA) is 72.0 Å². The molecule has 0 aromatic carbocycles. The standard InChI is InChI=1S/C19H27N3O4/c1-14(2)10-18(23)22-13-16(26-15-4-3-5-20-12-15)11-17(22)19(24)21-6-8-25-9-7-21/h3-5,12,14,16-17H,6-11,13H2,1-2H3/t16-,17-/m0/s1. The van der Waals surface area contributed by atoms with E-state index in [1.54, 1.807) is 22.2 Å². The molecule has 7 nitrogen and oxygen atoms in total. The molecule has 7 heteroatoms. The molecule has 2 atom stereocenters. The third-order valence-electron chi connectivity index (χ3n) is 4.71. The lowest BCUT2D eigenvalue weighted by Gasteiger charge is -2.32. The van der Waals surface area contributed by atoms with Crippen LogP contribution in [0.3, 0.4) is 0 Å². The fourth-order valence-electron chi connectivity index (χ4n) is 3.46. The fraction of sp³-hybridized carbons (Fsp3) is 0.632. The van der Waals surface area contributed by atoms with Gasteiger partial charge in [0.15, 0.2) is 0 Å². The molecule has 0 spiro atoms. The first-order valence-electron chi connectivity index (χ1n) is 9.27. The molecule has 2 amide bonds. The SMILES string of the molecule is CC(C)CC(=O)N1C[C@@H](Oc2cccnc2)C[C@H]1C(=O)N1CCOCC1. The second-order valence-corrected chi connectivity index (χ2v) is 7.26. The minimum Gasteiger partial charge on any atom is -0.487 e. The Morgan fingerprint density at radius 1 is 1.35 bits per heavy atom. The molecule has 0 radical (unpaired) electrons. The molecule has 3 rings (SSSR count). The molecular formula is C19H27N3O4. The Kier molecular flexibility index (Phi) is 6.08. The monoisotopic (exact) mass is 361 g/mol. The molecule has 0 unspecified atom stereocenters. The van der Waals surface area contributed by atoms with Gasteiger partial charge in [-0.2, -0.15) is 0 Å². The van der Waals surface area contributed by atoms with Crippen molar-refractivity contribution in [3.8, 4) is 5.75 Å².